The Morgan fingerprint density at radius 1 is 1.77 bits per heavy atom. The van der Waals surface area contributed by atoms with E-state index in [9.17, 15) is 0 Å². The van der Waals surface area contributed by atoms with Crippen LogP contribution in [0.25, 0.3) is 0 Å². The lowest BCUT2D eigenvalue weighted by Gasteiger charge is -2.13. The van der Waals surface area contributed by atoms with E-state index in [-0.39, 0.29) is 0 Å². The van der Waals surface area contributed by atoms with Crippen LogP contribution < -0.4 is 10.6 Å². The third-order valence-corrected chi connectivity index (χ3v) is 2.39. The highest BCUT2D eigenvalue weighted by molar-refractivity contribution is 5.25. The summed E-state index contributed by atoms with van der Waals surface area (Å²) < 4.78 is 0. The van der Waals surface area contributed by atoms with Crippen molar-refractivity contribution in [2.75, 3.05) is 13.6 Å². The minimum atomic E-state index is 0.381. The van der Waals surface area contributed by atoms with Crippen molar-refractivity contribution >= 4 is 0 Å². The summed E-state index contributed by atoms with van der Waals surface area (Å²) in [5, 5.41) is 6.38. The highest BCUT2D eigenvalue weighted by Gasteiger charge is 2.08. The largest absolute Gasteiger partial charge is 0.390 e. The van der Waals surface area contributed by atoms with Crippen molar-refractivity contribution in [2.24, 2.45) is 5.92 Å². The van der Waals surface area contributed by atoms with Gasteiger partial charge in [-0.05, 0) is 25.7 Å². The highest BCUT2D eigenvalue weighted by Crippen LogP contribution is 2.11. The van der Waals surface area contributed by atoms with Crippen LogP contribution in [0.3, 0.4) is 0 Å². The van der Waals surface area contributed by atoms with E-state index in [1.807, 2.05) is 19.3 Å². The van der Waals surface area contributed by atoms with Crippen LogP contribution in [0.1, 0.15) is 6.92 Å². The number of hydrogen-bond acceptors (Lipinski definition) is 2. The van der Waals surface area contributed by atoms with Gasteiger partial charge in [0.05, 0.1) is 0 Å². The summed E-state index contributed by atoms with van der Waals surface area (Å²) in [6.45, 7) is 6.97. The molecule has 1 aliphatic rings. The molecule has 13 heavy (non-hydrogen) atoms. The summed E-state index contributed by atoms with van der Waals surface area (Å²) in [6, 6.07) is 0.381. The average Bonchev–Trinajstić information content (AvgIpc) is 2.65. The van der Waals surface area contributed by atoms with E-state index in [1.165, 1.54) is 5.57 Å². The molecule has 0 fully saturated rings. The molecule has 1 aliphatic heterocycles. The van der Waals surface area contributed by atoms with Gasteiger partial charge in [-0.15, -0.1) is 0 Å². The molecule has 0 spiro atoms. The van der Waals surface area contributed by atoms with Crippen molar-refractivity contribution in [3.63, 3.8) is 0 Å². The van der Waals surface area contributed by atoms with Gasteiger partial charge in [0.15, 0.2) is 0 Å². The van der Waals surface area contributed by atoms with Crippen LogP contribution in [0, 0.1) is 5.92 Å². The van der Waals surface area contributed by atoms with Crippen LogP contribution in [0.5, 0.6) is 0 Å². The Balaban J connectivity index is 2.63. The zero-order valence-electron chi connectivity index (χ0n) is 8.38. The number of rotatable bonds is 4. The predicted octanol–water partition coefficient (Wildman–Crippen LogP) is 1.44. The van der Waals surface area contributed by atoms with Gasteiger partial charge in [0.25, 0.3) is 0 Å². The fourth-order valence-electron chi connectivity index (χ4n) is 1.38. The van der Waals surface area contributed by atoms with Crippen LogP contribution in [0.2, 0.25) is 0 Å². The second kappa shape index (κ2) is 4.87. The molecule has 2 heteroatoms. The van der Waals surface area contributed by atoms with Gasteiger partial charge in [-0.3, -0.25) is 0 Å². The van der Waals surface area contributed by atoms with Crippen LogP contribution >= 0.6 is 0 Å². The van der Waals surface area contributed by atoms with Gasteiger partial charge < -0.3 is 10.6 Å². The van der Waals surface area contributed by atoms with E-state index in [1.54, 1.807) is 0 Å². The molecular weight excluding hydrogens is 160 g/mol. The molecule has 2 unspecified atom stereocenters. The van der Waals surface area contributed by atoms with Crippen molar-refractivity contribution < 1.29 is 0 Å². The maximum absolute atomic E-state index is 3.82. The fraction of sp³-hybridized carbons (Fsp3) is 0.455. The smallest absolute Gasteiger partial charge is 0.0285 e. The topological polar surface area (TPSA) is 24.1 Å². The first-order chi connectivity index (χ1) is 6.27. The van der Waals surface area contributed by atoms with Gasteiger partial charge in [-0.2, -0.15) is 0 Å². The van der Waals surface area contributed by atoms with Crippen molar-refractivity contribution in [1.82, 2.24) is 10.6 Å². The van der Waals surface area contributed by atoms with Crippen LogP contribution in [-0.2, 0) is 0 Å². The standard InChI is InChI=1S/C11H18N2/c1-4-11(9(2)12-3)7-10-5-6-13-8-10/h4-7,9-10,12-13H,1,8H2,2-3H3/b11-7+. The first-order valence-corrected chi connectivity index (χ1v) is 4.69. The first kappa shape index (κ1) is 10.1. The monoisotopic (exact) mass is 178 g/mol. The Labute approximate surface area is 80.4 Å². The van der Waals surface area contributed by atoms with Gasteiger partial charge in [0.1, 0.15) is 0 Å². The van der Waals surface area contributed by atoms with Gasteiger partial charge in [0.2, 0.25) is 0 Å². The normalized spacial score (nSPS) is 24.2. The van der Waals surface area contributed by atoms with E-state index >= 15 is 0 Å². The first-order valence-electron chi connectivity index (χ1n) is 4.69. The lowest BCUT2D eigenvalue weighted by molar-refractivity contribution is 0.691. The van der Waals surface area contributed by atoms with Crippen molar-refractivity contribution in [1.29, 1.82) is 0 Å². The van der Waals surface area contributed by atoms with Gasteiger partial charge in [-0.1, -0.05) is 24.8 Å². The van der Waals surface area contributed by atoms with Gasteiger partial charge in [-0.25, -0.2) is 0 Å². The molecule has 0 aromatic heterocycles. The Morgan fingerprint density at radius 2 is 2.54 bits per heavy atom. The molecule has 1 heterocycles. The van der Waals surface area contributed by atoms with E-state index in [4.69, 9.17) is 0 Å². The third kappa shape index (κ3) is 2.74. The van der Waals surface area contributed by atoms with Crippen molar-refractivity contribution in [3.05, 3.63) is 36.6 Å². The number of nitrogens with one attached hydrogen (secondary N) is 2. The molecule has 72 valence electrons. The molecule has 0 aliphatic carbocycles. The van der Waals surface area contributed by atoms with Crippen LogP contribution in [-0.4, -0.2) is 19.6 Å². The average molecular weight is 178 g/mol. The summed E-state index contributed by atoms with van der Waals surface area (Å²) in [6.07, 6.45) is 8.36. The summed E-state index contributed by atoms with van der Waals surface area (Å²) in [4.78, 5) is 0. The molecule has 0 radical (unpaired) electrons. The zero-order chi connectivity index (χ0) is 9.68. The third-order valence-electron chi connectivity index (χ3n) is 2.39. The second-order valence-electron chi connectivity index (χ2n) is 3.31. The summed E-state index contributed by atoms with van der Waals surface area (Å²) >= 11 is 0. The molecule has 0 amide bonds. The lowest BCUT2D eigenvalue weighted by Crippen LogP contribution is -2.23. The summed E-state index contributed by atoms with van der Waals surface area (Å²) in [7, 11) is 1.96. The molecule has 2 N–H and O–H groups in total. The molecule has 0 saturated carbocycles. The van der Waals surface area contributed by atoms with Gasteiger partial charge >= 0.3 is 0 Å². The number of likely N-dealkylation sites (N-methyl/N-ethyl adjacent to an activating group) is 1. The molecule has 0 bridgehead atoms. The molecule has 0 aromatic rings. The molecule has 0 aromatic carbocycles. The molecule has 2 nitrogen and oxygen atoms in total. The number of hydrogen-bond donors (Lipinski definition) is 2. The van der Waals surface area contributed by atoms with Crippen molar-refractivity contribution in [3.8, 4) is 0 Å². The quantitative estimate of drug-likeness (QED) is 0.637. The molecular formula is C11H18N2. The van der Waals surface area contributed by atoms with Gasteiger partial charge in [0, 0.05) is 18.5 Å². The Kier molecular flexibility index (Phi) is 3.77. The highest BCUT2D eigenvalue weighted by atomic mass is 14.9. The van der Waals surface area contributed by atoms with E-state index in [0.29, 0.717) is 12.0 Å². The minimum absolute atomic E-state index is 0.381. The van der Waals surface area contributed by atoms with Crippen LogP contribution in [0.15, 0.2) is 36.6 Å². The molecule has 1 rings (SSSR count). The fourth-order valence-corrected chi connectivity index (χ4v) is 1.38. The van der Waals surface area contributed by atoms with E-state index < -0.39 is 0 Å². The second-order valence-corrected chi connectivity index (χ2v) is 3.31. The minimum Gasteiger partial charge on any atom is -0.390 e. The predicted molar refractivity (Wildman–Crippen MR) is 57.4 cm³/mol. The summed E-state index contributed by atoms with van der Waals surface area (Å²) in [5.74, 6) is 0.517. The van der Waals surface area contributed by atoms with Crippen molar-refractivity contribution in [2.45, 2.75) is 13.0 Å². The van der Waals surface area contributed by atoms with Crippen LogP contribution in [0.4, 0.5) is 0 Å². The maximum atomic E-state index is 3.82. The van der Waals surface area contributed by atoms with E-state index in [2.05, 4.69) is 36.3 Å². The Hall–Kier alpha value is -1.02. The zero-order valence-corrected chi connectivity index (χ0v) is 8.38. The Bertz CT molecular complexity index is 228. The SMILES string of the molecule is C=C/C(=C\C1C=CNC1)C(C)NC. The Morgan fingerprint density at radius 3 is 3.00 bits per heavy atom. The maximum Gasteiger partial charge on any atom is 0.0285 e. The summed E-state index contributed by atoms with van der Waals surface area (Å²) in [5.41, 5.74) is 1.26. The molecule has 0 saturated heterocycles. The van der Waals surface area contributed by atoms with E-state index in [0.717, 1.165) is 6.54 Å². The molecule has 2 atom stereocenters. The lowest BCUT2D eigenvalue weighted by atomic mass is 10.0.